The summed E-state index contributed by atoms with van der Waals surface area (Å²) in [7, 11) is 0. The maximum atomic E-state index is 14.5. The first-order chi connectivity index (χ1) is 20.8. The van der Waals surface area contributed by atoms with Crippen molar-refractivity contribution in [3.63, 3.8) is 0 Å². The lowest BCUT2D eigenvalue weighted by Crippen LogP contribution is -2.43. The third kappa shape index (κ3) is 6.81. The van der Waals surface area contributed by atoms with Gasteiger partial charge in [-0.2, -0.15) is 18.3 Å². The van der Waals surface area contributed by atoms with Gasteiger partial charge in [-0.3, -0.25) is 19.1 Å². The molecule has 240 valence electrons. The molecule has 12 heteroatoms. The van der Waals surface area contributed by atoms with Crippen LogP contribution in [0, 0.1) is 16.7 Å². The number of ketones is 1. The molecule has 0 saturated heterocycles. The van der Waals surface area contributed by atoms with Crippen LogP contribution in [0.4, 0.5) is 13.2 Å². The maximum absolute atomic E-state index is 14.5. The number of carbonyl (C=O) groups excluding carboxylic acids is 3. The van der Waals surface area contributed by atoms with Crippen LogP contribution in [0.15, 0.2) is 24.4 Å². The second-order valence-electron chi connectivity index (χ2n) is 13.0. The number of rotatable bonds is 9. The minimum absolute atomic E-state index is 0.0846. The van der Waals surface area contributed by atoms with Gasteiger partial charge in [0.05, 0.1) is 45.4 Å². The van der Waals surface area contributed by atoms with E-state index < -0.39 is 40.8 Å². The molecule has 0 aliphatic heterocycles. The highest BCUT2D eigenvalue weighted by molar-refractivity contribution is 6.39. The lowest BCUT2D eigenvalue weighted by molar-refractivity contribution is -0.157. The Morgan fingerprint density at radius 3 is 2.20 bits per heavy atom. The average Bonchev–Trinajstić information content (AvgIpc) is 3.54. The van der Waals surface area contributed by atoms with Crippen molar-refractivity contribution < 1.29 is 32.3 Å². The van der Waals surface area contributed by atoms with Crippen LogP contribution in [0.3, 0.4) is 0 Å². The topological polar surface area (TPSA) is 90.3 Å². The number of amides is 1. The third-order valence-corrected chi connectivity index (χ3v) is 10.7. The molecule has 1 N–H and O–H groups in total. The van der Waals surface area contributed by atoms with Crippen molar-refractivity contribution in [3.8, 4) is 0 Å². The van der Waals surface area contributed by atoms with Crippen molar-refractivity contribution in [2.24, 2.45) is 16.7 Å². The van der Waals surface area contributed by atoms with Crippen LogP contribution in [-0.2, 0) is 15.7 Å². The number of nitrogens with one attached hydrogen (secondary N) is 1. The molecule has 5 rings (SSSR count). The largest absolute Gasteiger partial charge is 0.466 e. The minimum atomic E-state index is -4.86. The number of hydrogen-bond donors (Lipinski definition) is 1. The smallest absolute Gasteiger partial charge is 0.433 e. The molecule has 7 nitrogen and oxygen atoms in total. The number of Topliss-reactive ketones (excluding diaryl/α,β-unsaturated/α-hetero) is 1. The molecule has 44 heavy (non-hydrogen) atoms. The van der Waals surface area contributed by atoms with Gasteiger partial charge >= 0.3 is 12.1 Å². The normalized spacial score (nSPS) is 24.1. The Kier molecular flexibility index (Phi) is 9.44. The van der Waals surface area contributed by atoms with E-state index in [0.29, 0.717) is 18.3 Å². The standard InChI is InChI=1S/C32H38Cl2F3N3O4/c1-3-44-29(43)30(2)11-9-20(10-12-30)40-27(32(35,36)37)21(18-38-40)28(42)39-24(19-7-13-31(14-8-19)15-16-31)17-25(41)26-22(33)5-4-6-23(26)34/h4-6,18-20,24H,3,7-17H2,1-2H3,(H,39,42). The number of alkyl halides is 3. The van der Waals surface area contributed by atoms with Crippen LogP contribution in [0.2, 0.25) is 10.0 Å². The maximum Gasteiger partial charge on any atom is 0.433 e. The number of nitrogens with zero attached hydrogens (tertiary/aromatic N) is 2. The minimum Gasteiger partial charge on any atom is -0.466 e. The van der Waals surface area contributed by atoms with Crippen molar-refractivity contribution in [1.82, 2.24) is 15.1 Å². The highest BCUT2D eigenvalue weighted by Gasteiger charge is 2.48. The molecule has 1 spiro atoms. The van der Waals surface area contributed by atoms with Crippen molar-refractivity contribution in [2.75, 3.05) is 6.61 Å². The fourth-order valence-electron chi connectivity index (χ4n) is 7.06. The van der Waals surface area contributed by atoms with Gasteiger partial charge in [0, 0.05) is 12.5 Å². The number of esters is 1. The molecule has 0 radical (unpaired) electrons. The summed E-state index contributed by atoms with van der Waals surface area (Å²) in [5.41, 5.74) is -2.00. The van der Waals surface area contributed by atoms with Crippen molar-refractivity contribution >= 4 is 40.9 Å². The van der Waals surface area contributed by atoms with Crippen molar-refractivity contribution in [1.29, 1.82) is 0 Å². The van der Waals surface area contributed by atoms with Crippen LogP contribution in [0.25, 0.3) is 0 Å². The molecule has 1 aromatic heterocycles. The number of ether oxygens (including phenoxy) is 1. The molecule has 1 heterocycles. The van der Waals surface area contributed by atoms with Gasteiger partial charge in [-0.25, -0.2) is 0 Å². The Labute approximate surface area is 265 Å². The van der Waals surface area contributed by atoms with E-state index in [1.807, 2.05) is 0 Å². The molecule has 1 atom stereocenters. The van der Waals surface area contributed by atoms with Gasteiger partial charge in [0.2, 0.25) is 0 Å². The van der Waals surface area contributed by atoms with Gasteiger partial charge in [0.1, 0.15) is 0 Å². The predicted octanol–water partition coefficient (Wildman–Crippen LogP) is 8.24. The molecule has 3 aliphatic rings. The third-order valence-electron chi connectivity index (χ3n) is 10.1. The fraction of sp³-hybridized carbons (Fsp3) is 0.625. The lowest BCUT2D eigenvalue weighted by atomic mass is 9.74. The van der Waals surface area contributed by atoms with Crippen LogP contribution >= 0.6 is 23.2 Å². The number of aromatic nitrogens is 2. The van der Waals surface area contributed by atoms with E-state index >= 15 is 0 Å². The molecule has 3 fully saturated rings. The van der Waals surface area contributed by atoms with Crippen molar-refractivity contribution in [3.05, 3.63) is 51.3 Å². The second kappa shape index (κ2) is 12.7. The predicted molar refractivity (Wildman–Crippen MR) is 160 cm³/mol. The zero-order valence-corrected chi connectivity index (χ0v) is 26.5. The van der Waals surface area contributed by atoms with Gasteiger partial charge in [-0.15, -0.1) is 0 Å². The number of halogens is 5. The van der Waals surface area contributed by atoms with Gasteiger partial charge < -0.3 is 10.1 Å². The first-order valence-corrected chi connectivity index (χ1v) is 16.1. The van der Waals surface area contributed by atoms with Crippen LogP contribution in [0.1, 0.15) is 117 Å². The van der Waals surface area contributed by atoms with E-state index in [4.69, 9.17) is 27.9 Å². The Morgan fingerprint density at radius 1 is 1.05 bits per heavy atom. The number of carbonyl (C=O) groups is 3. The highest BCUT2D eigenvalue weighted by Crippen LogP contribution is 2.57. The Bertz CT molecular complexity index is 1380. The molecular formula is C32H38Cl2F3N3O4. The quantitative estimate of drug-likeness (QED) is 0.217. The first-order valence-electron chi connectivity index (χ1n) is 15.4. The van der Waals surface area contributed by atoms with Gasteiger partial charge in [-0.05, 0) is 102 Å². The zero-order chi connectivity index (χ0) is 31.9. The summed E-state index contributed by atoms with van der Waals surface area (Å²) < 4.78 is 49.7. The molecule has 1 amide bonds. The summed E-state index contributed by atoms with van der Waals surface area (Å²) in [4.78, 5) is 39.5. The SMILES string of the molecule is CCOC(=O)C1(C)CCC(n2ncc(C(=O)NC(CC(=O)c3c(Cl)cccc3Cl)C3CCC4(CC3)CC4)c2C(F)(F)F)CC1. The van der Waals surface area contributed by atoms with Crippen molar-refractivity contribution in [2.45, 2.75) is 103 Å². The molecule has 0 bridgehead atoms. The molecule has 3 aliphatic carbocycles. The van der Waals surface area contributed by atoms with E-state index in [2.05, 4.69) is 10.4 Å². The van der Waals surface area contributed by atoms with Gasteiger partial charge in [0.15, 0.2) is 11.5 Å². The summed E-state index contributed by atoms with van der Waals surface area (Å²) in [6, 6.07) is 3.38. The average molecular weight is 657 g/mol. The molecule has 1 aromatic carbocycles. The molecule has 1 unspecified atom stereocenters. The van der Waals surface area contributed by atoms with Gasteiger partial charge in [0.25, 0.3) is 5.91 Å². The van der Waals surface area contributed by atoms with Crippen LogP contribution < -0.4 is 5.32 Å². The summed E-state index contributed by atoms with van der Waals surface area (Å²) in [6.07, 6.45) is 2.98. The first kappa shape index (κ1) is 32.8. The van der Waals surface area contributed by atoms with E-state index in [1.54, 1.807) is 32.0 Å². The monoisotopic (exact) mass is 655 g/mol. The van der Waals surface area contributed by atoms with E-state index in [9.17, 15) is 27.6 Å². The summed E-state index contributed by atoms with van der Waals surface area (Å²) in [5.74, 6) is -1.75. The summed E-state index contributed by atoms with van der Waals surface area (Å²) >= 11 is 12.6. The van der Waals surface area contributed by atoms with E-state index in [-0.39, 0.29) is 59.1 Å². The summed E-state index contributed by atoms with van der Waals surface area (Å²) in [6.45, 7) is 3.71. The summed E-state index contributed by atoms with van der Waals surface area (Å²) in [5, 5.41) is 7.22. The Balaban J connectivity index is 1.38. The zero-order valence-electron chi connectivity index (χ0n) is 24.9. The molecule has 3 saturated carbocycles. The van der Waals surface area contributed by atoms with E-state index in [1.165, 1.54) is 12.8 Å². The molecule has 2 aromatic rings. The highest BCUT2D eigenvalue weighted by atomic mass is 35.5. The van der Waals surface area contributed by atoms with E-state index in [0.717, 1.165) is 36.6 Å². The lowest BCUT2D eigenvalue weighted by Gasteiger charge is -2.36. The van der Waals surface area contributed by atoms with Crippen LogP contribution in [-0.4, -0.2) is 40.1 Å². The molecular weight excluding hydrogens is 618 g/mol. The van der Waals surface area contributed by atoms with Crippen LogP contribution in [0.5, 0.6) is 0 Å². The fourth-order valence-corrected chi connectivity index (χ4v) is 7.67. The number of benzene rings is 1. The second-order valence-corrected chi connectivity index (χ2v) is 13.8. The van der Waals surface area contributed by atoms with Gasteiger partial charge in [-0.1, -0.05) is 29.3 Å². The number of hydrogen-bond acceptors (Lipinski definition) is 5. The Hall–Kier alpha value is -2.59. The Morgan fingerprint density at radius 2 is 1.66 bits per heavy atom.